The van der Waals surface area contributed by atoms with Gasteiger partial charge in [0, 0.05) is 15.3 Å². The molecule has 0 amide bonds. The molecule has 0 fully saturated rings. The number of pyridine rings is 1. The summed E-state index contributed by atoms with van der Waals surface area (Å²) < 4.78 is 25.1. The van der Waals surface area contributed by atoms with E-state index in [0.717, 1.165) is 0 Å². The number of hydrogen-bond donors (Lipinski definition) is 1. The largest absolute Gasteiger partial charge is 0.478 e. The van der Waals surface area contributed by atoms with Gasteiger partial charge in [0.15, 0.2) is 0 Å². The van der Waals surface area contributed by atoms with E-state index in [1.54, 1.807) is 22.6 Å². The second-order valence-corrected chi connectivity index (χ2v) is 4.20. The standard InChI is InChI=1S/C7H3BrF2INO2/c8-5-4(7(13)14)3(6(9)10)2(11)1-12-5/h1,6H,(H,13,14). The van der Waals surface area contributed by atoms with E-state index >= 15 is 0 Å². The quantitative estimate of drug-likeness (QED) is 0.636. The molecule has 0 bridgehead atoms. The normalized spacial score (nSPS) is 10.6. The Morgan fingerprint density at radius 2 is 2.21 bits per heavy atom. The molecule has 0 atom stereocenters. The molecule has 0 aromatic carbocycles. The van der Waals surface area contributed by atoms with Gasteiger partial charge in [0.25, 0.3) is 6.43 Å². The molecule has 0 unspecified atom stereocenters. The number of hydrogen-bond acceptors (Lipinski definition) is 2. The zero-order valence-electron chi connectivity index (χ0n) is 6.47. The van der Waals surface area contributed by atoms with Crippen molar-refractivity contribution in [1.29, 1.82) is 0 Å². The molecule has 0 aliphatic carbocycles. The zero-order chi connectivity index (χ0) is 10.9. The third kappa shape index (κ3) is 2.19. The maximum atomic E-state index is 12.5. The lowest BCUT2D eigenvalue weighted by atomic mass is 10.1. The smallest absolute Gasteiger partial charge is 0.338 e. The van der Waals surface area contributed by atoms with Crippen molar-refractivity contribution in [2.45, 2.75) is 6.43 Å². The van der Waals surface area contributed by atoms with Gasteiger partial charge in [-0.3, -0.25) is 0 Å². The molecule has 0 aliphatic rings. The Bertz CT molecular complexity index is 386. The zero-order valence-corrected chi connectivity index (χ0v) is 10.2. The van der Waals surface area contributed by atoms with Crippen LogP contribution in [0.2, 0.25) is 0 Å². The summed E-state index contributed by atoms with van der Waals surface area (Å²) in [6.45, 7) is 0. The minimum Gasteiger partial charge on any atom is -0.478 e. The van der Waals surface area contributed by atoms with Crippen molar-refractivity contribution in [1.82, 2.24) is 4.98 Å². The lowest BCUT2D eigenvalue weighted by Gasteiger charge is -2.08. The molecule has 1 N–H and O–H groups in total. The van der Waals surface area contributed by atoms with Crippen molar-refractivity contribution >= 4 is 44.5 Å². The Labute approximate surface area is 99.8 Å². The van der Waals surface area contributed by atoms with Gasteiger partial charge in [-0.2, -0.15) is 0 Å². The molecule has 3 nitrogen and oxygen atoms in total. The second-order valence-electron chi connectivity index (χ2n) is 2.29. The lowest BCUT2D eigenvalue weighted by Crippen LogP contribution is -2.07. The van der Waals surface area contributed by atoms with Crippen LogP contribution >= 0.6 is 38.5 Å². The van der Waals surface area contributed by atoms with Gasteiger partial charge in [0.05, 0.1) is 0 Å². The molecule has 1 rings (SSSR count). The summed E-state index contributed by atoms with van der Waals surface area (Å²) in [4.78, 5) is 14.3. The van der Waals surface area contributed by atoms with Gasteiger partial charge in [-0.25, -0.2) is 18.6 Å². The van der Waals surface area contributed by atoms with Crippen LogP contribution in [0, 0.1) is 3.57 Å². The predicted molar refractivity (Wildman–Crippen MR) is 56.6 cm³/mol. The summed E-state index contributed by atoms with van der Waals surface area (Å²) >= 11 is 4.45. The summed E-state index contributed by atoms with van der Waals surface area (Å²) in [7, 11) is 0. The molecule has 0 saturated carbocycles. The minimum atomic E-state index is -2.83. The molecular formula is C7H3BrF2INO2. The third-order valence-corrected chi connectivity index (χ3v) is 2.92. The Hall–Kier alpha value is -0.310. The van der Waals surface area contributed by atoms with Gasteiger partial charge in [0.2, 0.25) is 0 Å². The summed E-state index contributed by atoms with van der Waals surface area (Å²) in [5.74, 6) is -1.42. The van der Waals surface area contributed by atoms with Crippen LogP contribution in [0.3, 0.4) is 0 Å². The lowest BCUT2D eigenvalue weighted by molar-refractivity contribution is 0.0682. The maximum Gasteiger partial charge on any atom is 0.338 e. The fraction of sp³-hybridized carbons (Fsp3) is 0.143. The summed E-state index contributed by atoms with van der Waals surface area (Å²) in [6, 6.07) is 0. The molecule has 0 spiro atoms. The summed E-state index contributed by atoms with van der Waals surface area (Å²) in [5, 5.41) is 8.71. The highest BCUT2D eigenvalue weighted by Gasteiger charge is 2.24. The molecule has 14 heavy (non-hydrogen) atoms. The number of aromatic carboxylic acids is 1. The number of nitrogens with zero attached hydrogens (tertiary/aromatic N) is 1. The van der Waals surface area contributed by atoms with Gasteiger partial charge in [-0.15, -0.1) is 0 Å². The van der Waals surface area contributed by atoms with Gasteiger partial charge >= 0.3 is 5.97 Å². The van der Waals surface area contributed by atoms with E-state index in [2.05, 4.69) is 20.9 Å². The number of carboxylic acids is 1. The van der Waals surface area contributed by atoms with Crippen molar-refractivity contribution in [3.05, 3.63) is 25.5 Å². The van der Waals surface area contributed by atoms with Crippen LogP contribution in [0.5, 0.6) is 0 Å². The Morgan fingerprint density at radius 3 is 2.57 bits per heavy atom. The van der Waals surface area contributed by atoms with Crippen molar-refractivity contribution in [2.75, 3.05) is 0 Å². The molecule has 1 aromatic rings. The van der Waals surface area contributed by atoms with Crippen LogP contribution in [0.15, 0.2) is 10.8 Å². The molecule has 76 valence electrons. The van der Waals surface area contributed by atoms with Crippen molar-refractivity contribution in [3.63, 3.8) is 0 Å². The fourth-order valence-corrected chi connectivity index (χ4v) is 2.02. The molecule has 0 radical (unpaired) electrons. The Balaban J connectivity index is 3.50. The van der Waals surface area contributed by atoms with E-state index in [1.165, 1.54) is 6.20 Å². The Morgan fingerprint density at radius 1 is 1.64 bits per heavy atom. The third-order valence-electron chi connectivity index (χ3n) is 1.46. The summed E-state index contributed by atoms with van der Waals surface area (Å²) in [6.07, 6.45) is -1.63. The van der Waals surface area contributed by atoms with E-state index in [0.29, 0.717) is 0 Å². The number of aromatic nitrogens is 1. The number of carbonyl (C=O) groups is 1. The molecule has 7 heteroatoms. The molecule has 1 aromatic heterocycles. The first-order valence-corrected chi connectivity index (χ1v) is 5.17. The van der Waals surface area contributed by atoms with E-state index in [9.17, 15) is 13.6 Å². The van der Waals surface area contributed by atoms with E-state index in [4.69, 9.17) is 5.11 Å². The highest BCUT2D eigenvalue weighted by Crippen LogP contribution is 2.31. The topological polar surface area (TPSA) is 50.2 Å². The minimum absolute atomic E-state index is 0.0827. The fourth-order valence-electron chi connectivity index (χ4n) is 0.895. The Kier molecular flexibility index (Phi) is 3.76. The van der Waals surface area contributed by atoms with Crippen molar-refractivity contribution < 1.29 is 18.7 Å². The highest BCUT2D eigenvalue weighted by molar-refractivity contribution is 14.1. The first kappa shape index (κ1) is 11.8. The summed E-state index contributed by atoms with van der Waals surface area (Å²) in [5.41, 5.74) is -0.980. The highest BCUT2D eigenvalue weighted by atomic mass is 127. The van der Waals surface area contributed by atoms with Crippen molar-refractivity contribution in [2.24, 2.45) is 0 Å². The van der Waals surface area contributed by atoms with Gasteiger partial charge in [0.1, 0.15) is 10.2 Å². The number of alkyl halides is 2. The SMILES string of the molecule is O=C(O)c1c(Br)ncc(I)c1C(F)F. The predicted octanol–water partition coefficient (Wildman–Crippen LogP) is 3.08. The van der Waals surface area contributed by atoms with Crippen LogP contribution in [-0.4, -0.2) is 16.1 Å². The maximum absolute atomic E-state index is 12.5. The van der Waals surface area contributed by atoms with Crippen LogP contribution in [0.25, 0.3) is 0 Å². The van der Waals surface area contributed by atoms with Gasteiger partial charge in [-0.05, 0) is 38.5 Å². The van der Waals surface area contributed by atoms with Gasteiger partial charge in [-0.1, -0.05) is 0 Å². The number of rotatable bonds is 2. The average molecular weight is 378 g/mol. The first-order valence-electron chi connectivity index (χ1n) is 3.30. The molecule has 1 heterocycles. The molecular weight excluding hydrogens is 375 g/mol. The van der Waals surface area contributed by atoms with E-state index < -0.39 is 23.5 Å². The second kappa shape index (κ2) is 4.47. The average Bonchev–Trinajstić information content (AvgIpc) is 2.07. The van der Waals surface area contributed by atoms with E-state index in [-0.39, 0.29) is 8.17 Å². The molecule has 0 aliphatic heterocycles. The van der Waals surface area contributed by atoms with Crippen LogP contribution < -0.4 is 0 Å². The van der Waals surface area contributed by atoms with E-state index in [1.807, 2.05) is 0 Å². The molecule has 0 saturated heterocycles. The van der Waals surface area contributed by atoms with Crippen molar-refractivity contribution in [3.8, 4) is 0 Å². The van der Waals surface area contributed by atoms with Crippen LogP contribution in [-0.2, 0) is 0 Å². The number of halogens is 4. The first-order chi connectivity index (χ1) is 6.45. The van der Waals surface area contributed by atoms with Crippen LogP contribution in [0.1, 0.15) is 22.3 Å². The number of carboxylic acid groups (broad SMARTS) is 1. The monoisotopic (exact) mass is 377 g/mol. The van der Waals surface area contributed by atoms with Gasteiger partial charge < -0.3 is 5.11 Å². The van der Waals surface area contributed by atoms with Crippen LogP contribution in [0.4, 0.5) is 8.78 Å².